The topological polar surface area (TPSA) is 49.0 Å². The SMILES string of the molecule is COc1ccc(CCNCc2cc(OC)c(OCc3ccc(Cl)cc3Cl)cc2Cl)cc1OC. The van der Waals surface area contributed by atoms with Gasteiger partial charge in [-0.2, -0.15) is 0 Å². The van der Waals surface area contributed by atoms with E-state index in [1.54, 1.807) is 39.5 Å². The third-order valence-electron chi connectivity index (χ3n) is 5.08. The van der Waals surface area contributed by atoms with Crippen LogP contribution in [-0.4, -0.2) is 27.9 Å². The van der Waals surface area contributed by atoms with Gasteiger partial charge in [-0.1, -0.05) is 46.9 Å². The Kier molecular flexibility index (Phi) is 9.39. The molecule has 1 N–H and O–H groups in total. The van der Waals surface area contributed by atoms with Gasteiger partial charge in [-0.05, 0) is 54.4 Å². The smallest absolute Gasteiger partial charge is 0.163 e. The third kappa shape index (κ3) is 6.84. The van der Waals surface area contributed by atoms with E-state index < -0.39 is 0 Å². The normalized spacial score (nSPS) is 10.7. The lowest BCUT2D eigenvalue weighted by Gasteiger charge is -2.15. The van der Waals surface area contributed by atoms with Crippen LogP contribution in [0.5, 0.6) is 23.0 Å². The molecule has 0 unspecified atom stereocenters. The number of hydrogen-bond acceptors (Lipinski definition) is 5. The molecular formula is C25H26Cl3NO4. The van der Waals surface area contributed by atoms with Crippen molar-refractivity contribution in [3.8, 4) is 23.0 Å². The zero-order chi connectivity index (χ0) is 23.8. The van der Waals surface area contributed by atoms with Crippen molar-refractivity contribution in [2.24, 2.45) is 0 Å². The van der Waals surface area contributed by atoms with Gasteiger partial charge in [-0.3, -0.25) is 0 Å². The van der Waals surface area contributed by atoms with Crippen molar-refractivity contribution < 1.29 is 18.9 Å². The first-order valence-corrected chi connectivity index (χ1v) is 11.4. The molecule has 0 aliphatic heterocycles. The van der Waals surface area contributed by atoms with Crippen LogP contribution in [0.1, 0.15) is 16.7 Å². The Hall–Kier alpha value is -2.31. The Bertz CT molecular complexity index is 1090. The number of nitrogens with one attached hydrogen (secondary N) is 1. The van der Waals surface area contributed by atoms with E-state index >= 15 is 0 Å². The van der Waals surface area contributed by atoms with Crippen LogP contribution in [0.4, 0.5) is 0 Å². The zero-order valence-corrected chi connectivity index (χ0v) is 21.0. The Labute approximate surface area is 209 Å². The standard InChI is InChI=1S/C25H26Cl3NO4/c1-30-22-7-4-16(10-23(22)31-2)8-9-29-14-18-11-24(32-3)25(13-21(18)28)33-15-17-5-6-19(26)12-20(17)27/h4-7,10-13,29H,8-9,14-15H2,1-3H3. The number of hydrogen-bond donors (Lipinski definition) is 1. The Morgan fingerprint density at radius 1 is 0.697 bits per heavy atom. The molecule has 0 bridgehead atoms. The van der Waals surface area contributed by atoms with E-state index in [1.165, 1.54) is 0 Å². The van der Waals surface area contributed by atoms with E-state index in [9.17, 15) is 0 Å². The lowest BCUT2D eigenvalue weighted by Crippen LogP contribution is -2.17. The van der Waals surface area contributed by atoms with Crippen molar-refractivity contribution in [1.82, 2.24) is 5.32 Å². The number of halogens is 3. The van der Waals surface area contributed by atoms with Crippen molar-refractivity contribution >= 4 is 34.8 Å². The summed E-state index contributed by atoms with van der Waals surface area (Å²) in [6.07, 6.45) is 0.832. The molecule has 0 atom stereocenters. The maximum atomic E-state index is 6.51. The van der Waals surface area contributed by atoms with Crippen molar-refractivity contribution in [1.29, 1.82) is 0 Å². The van der Waals surface area contributed by atoms with Crippen LogP contribution in [0.15, 0.2) is 48.5 Å². The van der Waals surface area contributed by atoms with Crippen LogP contribution in [0, 0.1) is 0 Å². The molecule has 0 fully saturated rings. The van der Waals surface area contributed by atoms with E-state index in [4.69, 9.17) is 53.8 Å². The second kappa shape index (κ2) is 12.2. The molecule has 0 saturated heterocycles. The summed E-state index contributed by atoms with van der Waals surface area (Å²) in [5, 5.41) is 5.13. The summed E-state index contributed by atoms with van der Waals surface area (Å²) in [5.74, 6) is 2.58. The minimum Gasteiger partial charge on any atom is -0.493 e. The maximum Gasteiger partial charge on any atom is 0.163 e. The Morgan fingerprint density at radius 2 is 1.39 bits per heavy atom. The largest absolute Gasteiger partial charge is 0.493 e. The van der Waals surface area contributed by atoms with Crippen molar-refractivity contribution in [2.45, 2.75) is 19.6 Å². The van der Waals surface area contributed by atoms with Gasteiger partial charge in [0.05, 0.1) is 21.3 Å². The van der Waals surface area contributed by atoms with Gasteiger partial charge < -0.3 is 24.3 Å². The summed E-state index contributed by atoms with van der Waals surface area (Å²) in [6, 6.07) is 14.8. The fourth-order valence-electron chi connectivity index (χ4n) is 3.27. The molecule has 0 amide bonds. The highest BCUT2D eigenvalue weighted by Crippen LogP contribution is 2.34. The van der Waals surface area contributed by atoms with Crippen LogP contribution in [0.25, 0.3) is 0 Å². The molecule has 176 valence electrons. The minimum atomic E-state index is 0.269. The molecule has 0 spiro atoms. The molecule has 0 aromatic heterocycles. The predicted molar refractivity (Wildman–Crippen MR) is 134 cm³/mol. The number of methoxy groups -OCH3 is 3. The molecule has 8 heteroatoms. The highest BCUT2D eigenvalue weighted by molar-refractivity contribution is 6.35. The van der Waals surface area contributed by atoms with Gasteiger partial charge in [0, 0.05) is 33.2 Å². The van der Waals surface area contributed by atoms with Gasteiger partial charge in [0.15, 0.2) is 23.0 Å². The molecule has 3 aromatic carbocycles. The molecular weight excluding hydrogens is 485 g/mol. The highest BCUT2D eigenvalue weighted by Gasteiger charge is 2.12. The molecule has 0 saturated carbocycles. The number of ether oxygens (including phenoxy) is 4. The van der Waals surface area contributed by atoms with Crippen molar-refractivity contribution in [2.75, 3.05) is 27.9 Å². The fraction of sp³-hybridized carbons (Fsp3) is 0.280. The third-order valence-corrected chi connectivity index (χ3v) is 6.02. The minimum absolute atomic E-state index is 0.269. The Balaban J connectivity index is 1.59. The van der Waals surface area contributed by atoms with E-state index in [0.717, 1.165) is 35.4 Å². The summed E-state index contributed by atoms with van der Waals surface area (Å²) in [5.41, 5.74) is 2.88. The summed E-state index contributed by atoms with van der Waals surface area (Å²) in [4.78, 5) is 0. The van der Waals surface area contributed by atoms with E-state index in [2.05, 4.69) is 5.32 Å². The van der Waals surface area contributed by atoms with Crippen molar-refractivity contribution in [3.63, 3.8) is 0 Å². The van der Waals surface area contributed by atoms with Gasteiger partial charge in [-0.25, -0.2) is 0 Å². The average molecular weight is 511 g/mol. The van der Waals surface area contributed by atoms with Gasteiger partial charge >= 0.3 is 0 Å². The first-order chi connectivity index (χ1) is 15.9. The highest BCUT2D eigenvalue weighted by atomic mass is 35.5. The lowest BCUT2D eigenvalue weighted by molar-refractivity contribution is 0.284. The lowest BCUT2D eigenvalue weighted by atomic mass is 10.1. The van der Waals surface area contributed by atoms with Crippen LogP contribution in [-0.2, 0) is 19.6 Å². The summed E-state index contributed by atoms with van der Waals surface area (Å²) >= 11 is 18.7. The number of benzene rings is 3. The molecule has 0 heterocycles. The molecule has 33 heavy (non-hydrogen) atoms. The van der Waals surface area contributed by atoms with Gasteiger partial charge in [0.1, 0.15) is 6.61 Å². The quantitative estimate of drug-likeness (QED) is 0.295. The zero-order valence-electron chi connectivity index (χ0n) is 18.7. The summed E-state index contributed by atoms with van der Waals surface area (Å²) < 4.78 is 22.1. The number of rotatable bonds is 11. The molecule has 3 rings (SSSR count). The molecule has 0 radical (unpaired) electrons. The molecule has 3 aromatic rings. The van der Waals surface area contributed by atoms with Crippen molar-refractivity contribution in [3.05, 3.63) is 80.3 Å². The van der Waals surface area contributed by atoms with Crippen LogP contribution >= 0.6 is 34.8 Å². The van der Waals surface area contributed by atoms with E-state index in [0.29, 0.717) is 38.9 Å². The Morgan fingerprint density at radius 3 is 2.09 bits per heavy atom. The maximum absolute atomic E-state index is 6.51. The fourth-order valence-corrected chi connectivity index (χ4v) is 3.95. The van der Waals surface area contributed by atoms with E-state index in [1.807, 2.05) is 30.3 Å². The molecule has 0 aliphatic carbocycles. The molecule has 0 aliphatic rings. The van der Waals surface area contributed by atoms with Gasteiger partial charge in [-0.15, -0.1) is 0 Å². The van der Waals surface area contributed by atoms with Gasteiger partial charge in [0.25, 0.3) is 0 Å². The first kappa shape index (κ1) is 25.3. The van der Waals surface area contributed by atoms with Gasteiger partial charge in [0.2, 0.25) is 0 Å². The average Bonchev–Trinajstić information content (AvgIpc) is 2.82. The second-order valence-electron chi connectivity index (χ2n) is 7.23. The first-order valence-electron chi connectivity index (χ1n) is 10.3. The van der Waals surface area contributed by atoms with Crippen LogP contribution in [0.2, 0.25) is 15.1 Å². The second-order valence-corrected chi connectivity index (χ2v) is 8.49. The van der Waals surface area contributed by atoms with E-state index in [-0.39, 0.29) is 6.61 Å². The van der Waals surface area contributed by atoms with Crippen LogP contribution in [0.3, 0.4) is 0 Å². The summed E-state index contributed by atoms with van der Waals surface area (Å²) in [6.45, 7) is 1.62. The van der Waals surface area contributed by atoms with Crippen LogP contribution < -0.4 is 24.3 Å². The monoisotopic (exact) mass is 509 g/mol. The summed E-state index contributed by atoms with van der Waals surface area (Å²) in [7, 11) is 4.85. The predicted octanol–water partition coefficient (Wildman–Crippen LogP) is 6.58. The molecule has 5 nitrogen and oxygen atoms in total.